The van der Waals surface area contributed by atoms with E-state index in [0.29, 0.717) is 12.5 Å². The average Bonchev–Trinajstić information content (AvgIpc) is 2.30. The molecule has 0 aliphatic rings. The van der Waals surface area contributed by atoms with Crippen molar-refractivity contribution in [1.82, 2.24) is 10.6 Å². The van der Waals surface area contributed by atoms with Gasteiger partial charge in [0.2, 0.25) is 0 Å². The van der Waals surface area contributed by atoms with Crippen LogP contribution in [-0.2, 0) is 6.42 Å². The molecular formula is C14H22N2O. The van der Waals surface area contributed by atoms with E-state index in [1.807, 2.05) is 25.1 Å². The normalized spacial score (nSPS) is 12.2. The van der Waals surface area contributed by atoms with Gasteiger partial charge in [0.25, 0.3) is 0 Å². The van der Waals surface area contributed by atoms with Gasteiger partial charge >= 0.3 is 6.03 Å². The first-order chi connectivity index (χ1) is 8.09. The lowest BCUT2D eigenvalue weighted by atomic mass is 10.1. The molecule has 1 rings (SSSR count). The van der Waals surface area contributed by atoms with Gasteiger partial charge in [0.15, 0.2) is 0 Å². The highest BCUT2D eigenvalue weighted by Gasteiger charge is 2.09. The molecule has 0 bridgehead atoms. The maximum Gasteiger partial charge on any atom is 0.315 e. The summed E-state index contributed by atoms with van der Waals surface area (Å²) in [6.07, 6.45) is 0.865. The number of nitrogens with one attached hydrogen (secondary N) is 2. The van der Waals surface area contributed by atoms with Gasteiger partial charge in [-0.15, -0.1) is 0 Å². The molecule has 0 heterocycles. The third-order valence-corrected chi connectivity index (χ3v) is 2.90. The monoisotopic (exact) mass is 234 g/mol. The summed E-state index contributed by atoms with van der Waals surface area (Å²) in [6.45, 7) is 6.87. The molecule has 0 radical (unpaired) electrons. The first-order valence-corrected chi connectivity index (χ1v) is 6.18. The summed E-state index contributed by atoms with van der Waals surface area (Å²) in [5.41, 5.74) is 1.24. The van der Waals surface area contributed by atoms with Crippen molar-refractivity contribution in [2.24, 2.45) is 5.92 Å². The molecule has 1 atom stereocenters. The van der Waals surface area contributed by atoms with E-state index in [4.69, 9.17) is 0 Å². The fourth-order valence-electron chi connectivity index (χ4n) is 1.39. The third-order valence-electron chi connectivity index (χ3n) is 2.90. The van der Waals surface area contributed by atoms with E-state index in [1.165, 1.54) is 5.56 Å². The highest BCUT2D eigenvalue weighted by molar-refractivity contribution is 5.74. The largest absolute Gasteiger partial charge is 0.338 e. The van der Waals surface area contributed by atoms with Crippen molar-refractivity contribution in [3.8, 4) is 0 Å². The molecule has 94 valence electrons. The van der Waals surface area contributed by atoms with Gasteiger partial charge in [-0.25, -0.2) is 4.79 Å². The fourth-order valence-corrected chi connectivity index (χ4v) is 1.39. The third kappa shape index (κ3) is 5.38. The Morgan fingerprint density at radius 1 is 1.18 bits per heavy atom. The minimum Gasteiger partial charge on any atom is -0.338 e. The lowest BCUT2D eigenvalue weighted by molar-refractivity contribution is 0.234. The van der Waals surface area contributed by atoms with Crippen LogP contribution in [0.3, 0.4) is 0 Å². The second-order valence-corrected chi connectivity index (χ2v) is 4.67. The zero-order valence-corrected chi connectivity index (χ0v) is 10.9. The van der Waals surface area contributed by atoms with Crippen LogP contribution in [0.25, 0.3) is 0 Å². The highest BCUT2D eigenvalue weighted by atomic mass is 16.2. The summed E-state index contributed by atoms with van der Waals surface area (Å²) < 4.78 is 0. The van der Waals surface area contributed by atoms with Crippen LogP contribution in [0.15, 0.2) is 30.3 Å². The van der Waals surface area contributed by atoms with Crippen molar-refractivity contribution in [3.05, 3.63) is 35.9 Å². The molecule has 1 aromatic rings. The zero-order chi connectivity index (χ0) is 12.7. The number of urea groups is 1. The van der Waals surface area contributed by atoms with Gasteiger partial charge in [0, 0.05) is 12.6 Å². The van der Waals surface area contributed by atoms with Crippen LogP contribution in [0.1, 0.15) is 26.3 Å². The van der Waals surface area contributed by atoms with E-state index in [-0.39, 0.29) is 12.1 Å². The lowest BCUT2D eigenvalue weighted by Gasteiger charge is -2.17. The molecule has 0 saturated carbocycles. The maximum atomic E-state index is 11.5. The Morgan fingerprint density at radius 2 is 1.82 bits per heavy atom. The maximum absolute atomic E-state index is 11.5. The van der Waals surface area contributed by atoms with E-state index >= 15 is 0 Å². The van der Waals surface area contributed by atoms with Gasteiger partial charge in [-0.1, -0.05) is 44.2 Å². The highest BCUT2D eigenvalue weighted by Crippen LogP contribution is 2.00. The Labute approximate surface area is 104 Å². The molecule has 17 heavy (non-hydrogen) atoms. The summed E-state index contributed by atoms with van der Waals surface area (Å²) >= 11 is 0. The quantitative estimate of drug-likeness (QED) is 0.807. The van der Waals surface area contributed by atoms with E-state index in [1.54, 1.807) is 0 Å². The van der Waals surface area contributed by atoms with E-state index < -0.39 is 0 Å². The van der Waals surface area contributed by atoms with Gasteiger partial charge < -0.3 is 10.6 Å². The number of carbonyl (C=O) groups excluding carboxylic acids is 1. The number of hydrogen-bond donors (Lipinski definition) is 2. The summed E-state index contributed by atoms with van der Waals surface area (Å²) in [5, 5.41) is 5.78. The predicted octanol–water partition coefficient (Wildman–Crippen LogP) is 2.57. The summed E-state index contributed by atoms with van der Waals surface area (Å²) in [4.78, 5) is 11.5. The molecule has 3 heteroatoms. The fraction of sp³-hybridized carbons (Fsp3) is 0.500. The number of rotatable bonds is 5. The molecule has 1 aromatic carbocycles. The molecule has 0 aromatic heterocycles. The van der Waals surface area contributed by atoms with Crippen LogP contribution >= 0.6 is 0 Å². The lowest BCUT2D eigenvalue weighted by Crippen LogP contribution is -2.43. The van der Waals surface area contributed by atoms with Crippen molar-refractivity contribution in [2.45, 2.75) is 33.2 Å². The van der Waals surface area contributed by atoms with E-state index in [9.17, 15) is 4.79 Å². The topological polar surface area (TPSA) is 41.1 Å². The van der Waals surface area contributed by atoms with Gasteiger partial charge in [-0.2, -0.15) is 0 Å². The van der Waals surface area contributed by atoms with E-state index in [0.717, 1.165) is 6.42 Å². The van der Waals surface area contributed by atoms with Crippen LogP contribution in [0.5, 0.6) is 0 Å². The van der Waals surface area contributed by atoms with Crippen molar-refractivity contribution < 1.29 is 4.79 Å². The molecular weight excluding hydrogens is 212 g/mol. The van der Waals surface area contributed by atoms with Crippen LogP contribution in [0, 0.1) is 5.92 Å². The Morgan fingerprint density at radius 3 is 2.41 bits per heavy atom. The number of benzene rings is 1. The summed E-state index contributed by atoms with van der Waals surface area (Å²) in [7, 11) is 0. The van der Waals surface area contributed by atoms with Crippen molar-refractivity contribution >= 4 is 6.03 Å². The Hall–Kier alpha value is -1.51. The SMILES string of the molecule is CC(C)C(C)NC(=O)NCCc1ccccc1. The molecule has 0 aliphatic carbocycles. The van der Waals surface area contributed by atoms with Crippen LogP contribution in [0.4, 0.5) is 4.79 Å². The minimum absolute atomic E-state index is 0.0814. The van der Waals surface area contributed by atoms with Crippen LogP contribution in [-0.4, -0.2) is 18.6 Å². The second-order valence-electron chi connectivity index (χ2n) is 4.67. The van der Waals surface area contributed by atoms with Crippen molar-refractivity contribution in [2.75, 3.05) is 6.54 Å². The average molecular weight is 234 g/mol. The van der Waals surface area contributed by atoms with Crippen LogP contribution < -0.4 is 10.6 Å². The Kier molecular flexibility index (Phi) is 5.53. The first-order valence-electron chi connectivity index (χ1n) is 6.18. The molecule has 2 N–H and O–H groups in total. The molecule has 0 saturated heterocycles. The van der Waals surface area contributed by atoms with Gasteiger partial charge in [-0.3, -0.25) is 0 Å². The molecule has 0 fully saturated rings. The standard InChI is InChI=1S/C14H22N2O/c1-11(2)12(3)16-14(17)15-10-9-13-7-5-4-6-8-13/h4-8,11-12H,9-10H2,1-3H3,(H2,15,16,17). The second kappa shape index (κ2) is 6.94. The predicted molar refractivity (Wildman–Crippen MR) is 71.0 cm³/mol. The van der Waals surface area contributed by atoms with E-state index in [2.05, 4.69) is 36.6 Å². The van der Waals surface area contributed by atoms with Crippen molar-refractivity contribution in [3.63, 3.8) is 0 Å². The van der Waals surface area contributed by atoms with Gasteiger partial charge in [0.1, 0.15) is 0 Å². The molecule has 0 aliphatic heterocycles. The van der Waals surface area contributed by atoms with Crippen molar-refractivity contribution in [1.29, 1.82) is 0 Å². The van der Waals surface area contributed by atoms with Crippen LogP contribution in [0.2, 0.25) is 0 Å². The summed E-state index contributed by atoms with van der Waals surface area (Å²) in [5.74, 6) is 0.454. The molecule has 2 amide bonds. The summed E-state index contributed by atoms with van der Waals surface area (Å²) in [6, 6.07) is 10.3. The molecule has 3 nitrogen and oxygen atoms in total. The zero-order valence-electron chi connectivity index (χ0n) is 10.9. The number of carbonyl (C=O) groups is 1. The van der Waals surface area contributed by atoms with Gasteiger partial charge in [0.05, 0.1) is 0 Å². The minimum atomic E-state index is -0.0814. The molecule has 0 spiro atoms. The smallest absolute Gasteiger partial charge is 0.315 e. The first kappa shape index (κ1) is 13.6. The molecule has 1 unspecified atom stereocenters. The van der Waals surface area contributed by atoms with Gasteiger partial charge in [-0.05, 0) is 24.8 Å². The Bertz CT molecular complexity index is 335. The number of hydrogen-bond acceptors (Lipinski definition) is 1. The number of amides is 2. The Balaban J connectivity index is 2.21.